The van der Waals surface area contributed by atoms with Gasteiger partial charge in [0.05, 0.1) is 19.1 Å². The summed E-state index contributed by atoms with van der Waals surface area (Å²) in [5, 5.41) is 0. The van der Waals surface area contributed by atoms with Gasteiger partial charge in [-0.3, -0.25) is 4.79 Å². The van der Waals surface area contributed by atoms with Crippen LogP contribution in [0.25, 0.3) is 0 Å². The first-order valence-corrected chi connectivity index (χ1v) is 6.12. The van der Waals surface area contributed by atoms with Crippen LogP contribution in [0.15, 0.2) is 17.0 Å². The molecule has 0 heterocycles. The summed E-state index contributed by atoms with van der Waals surface area (Å²) < 4.78 is 10.4. The number of amides is 1. The molecule has 1 rings (SSSR count). The lowest BCUT2D eigenvalue weighted by atomic mass is 10.1. The molecule has 1 unspecified atom stereocenters. The van der Waals surface area contributed by atoms with Gasteiger partial charge >= 0.3 is 0 Å². The maximum atomic E-state index is 11.1. The molecule has 1 aromatic rings. The Labute approximate surface area is 104 Å². The number of carbonyl (C=O) groups excluding carboxylic acids is 1. The molecular formula is C11H16N2O3S. The van der Waals surface area contributed by atoms with Gasteiger partial charge in [-0.1, -0.05) is 0 Å². The minimum absolute atomic E-state index is 0.523. The summed E-state index contributed by atoms with van der Waals surface area (Å²) in [4.78, 5) is 12.0. The minimum Gasteiger partial charge on any atom is -0.496 e. The molecule has 0 aromatic heterocycles. The Morgan fingerprint density at radius 2 is 1.88 bits per heavy atom. The van der Waals surface area contributed by atoms with E-state index in [0.717, 1.165) is 4.90 Å². The van der Waals surface area contributed by atoms with E-state index in [-0.39, 0.29) is 0 Å². The van der Waals surface area contributed by atoms with Crippen LogP contribution in [0.4, 0.5) is 0 Å². The van der Waals surface area contributed by atoms with Crippen molar-refractivity contribution in [1.29, 1.82) is 0 Å². The van der Waals surface area contributed by atoms with E-state index in [1.165, 1.54) is 18.9 Å². The molecule has 0 aliphatic carbocycles. The average molecular weight is 256 g/mol. The maximum Gasteiger partial charge on any atom is 0.239 e. The predicted molar refractivity (Wildman–Crippen MR) is 67.4 cm³/mol. The van der Waals surface area contributed by atoms with Crippen molar-refractivity contribution in [2.45, 2.75) is 10.9 Å². The van der Waals surface area contributed by atoms with Crippen molar-refractivity contribution < 1.29 is 14.3 Å². The molecule has 0 fully saturated rings. The number of carbonyl (C=O) groups is 1. The van der Waals surface area contributed by atoms with E-state index in [1.807, 2.05) is 6.26 Å². The Bertz CT molecular complexity index is 423. The molecule has 0 saturated carbocycles. The van der Waals surface area contributed by atoms with Crippen LogP contribution in [0.2, 0.25) is 0 Å². The molecule has 17 heavy (non-hydrogen) atoms. The molecule has 1 amide bonds. The summed E-state index contributed by atoms with van der Waals surface area (Å²) >= 11 is 1.52. The van der Waals surface area contributed by atoms with Gasteiger partial charge in [0.2, 0.25) is 5.91 Å². The van der Waals surface area contributed by atoms with Gasteiger partial charge in [0, 0.05) is 5.56 Å². The number of hydrogen-bond acceptors (Lipinski definition) is 5. The van der Waals surface area contributed by atoms with Crippen LogP contribution in [-0.4, -0.2) is 26.4 Å². The first kappa shape index (κ1) is 13.7. The summed E-state index contributed by atoms with van der Waals surface area (Å²) in [6, 6.07) is 2.55. The van der Waals surface area contributed by atoms with E-state index in [1.54, 1.807) is 19.2 Å². The number of benzene rings is 1. The number of methoxy groups -OCH3 is 2. The Kier molecular flexibility index (Phi) is 4.65. The van der Waals surface area contributed by atoms with Crippen LogP contribution in [-0.2, 0) is 4.79 Å². The third-order valence-electron chi connectivity index (χ3n) is 2.38. The Morgan fingerprint density at radius 3 is 2.29 bits per heavy atom. The van der Waals surface area contributed by atoms with Crippen molar-refractivity contribution in [3.8, 4) is 11.5 Å². The maximum absolute atomic E-state index is 11.1. The first-order valence-electron chi connectivity index (χ1n) is 4.90. The molecule has 0 aliphatic heterocycles. The predicted octanol–water partition coefficient (Wildman–Crippen LogP) is 0.911. The number of nitrogens with two attached hydrogens (primary N) is 2. The van der Waals surface area contributed by atoms with Crippen molar-refractivity contribution in [1.82, 2.24) is 0 Å². The van der Waals surface area contributed by atoms with Crippen LogP contribution < -0.4 is 20.9 Å². The molecule has 5 nitrogen and oxygen atoms in total. The topological polar surface area (TPSA) is 87.6 Å². The summed E-state index contributed by atoms with van der Waals surface area (Å²) in [7, 11) is 3.07. The zero-order valence-electron chi connectivity index (χ0n) is 10.0. The number of thioether (sulfide) groups is 1. The van der Waals surface area contributed by atoms with Gasteiger partial charge in [0.1, 0.15) is 17.5 Å². The summed E-state index contributed by atoms with van der Waals surface area (Å²) in [5.41, 5.74) is 11.4. The fourth-order valence-electron chi connectivity index (χ4n) is 1.45. The first-order chi connectivity index (χ1) is 8.04. The van der Waals surface area contributed by atoms with E-state index in [0.29, 0.717) is 17.1 Å². The van der Waals surface area contributed by atoms with Gasteiger partial charge in [0.15, 0.2) is 0 Å². The Hall–Kier alpha value is -1.40. The monoisotopic (exact) mass is 256 g/mol. The van der Waals surface area contributed by atoms with Crippen LogP contribution in [0, 0.1) is 0 Å². The van der Waals surface area contributed by atoms with Crippen LogP contribution in [0.3, 0.4) is 0 Å². The number of hydrogen-bond donors (Lipinski definition) is 2. The standard InChI is InChI=1S/C11H16N2O3S/c1-15-7-5-9(17-3)8(16-2)4-6(7)10(12)11(13)14/h4-5,10H,12H2,1-3H3,(H2,13,14). The number of primary amides is 1. The van der Waals surface area contributed by atoms with Gasteiger partial charge in [-0.15, -0.1) is 11.8 Å². The van der Waals surface area contributed by atoms with Gasteiger partial charge in [-0.2, -0.15) is 0 Å². The summed E-state index contributed by atoms with van der Waals surface area (Å²) in [6.07, 6.45) is 1.92. The largest absolute Gasteiger partial charge is 0.496 e. The van der Waals surface area contributed by atoms with E-state index >= 15 is 0 Å². The molecule has 1 aromatic carbocycles. The summed E-state index contributed by atoms with van der Waals surface area (Å²) in [6.45, 7) is 0. The second-order valence-corrected chi connectivity index (χ2v) is 4.18. The smallest absolute Gasteiger partial charge is 0.239 e. The van der Waals surface area contributed by atoms with Crippen molar-refractivity contribution in [2.75, 3.05) is 20.5 Å². The lowest BCUT2D eigenvalue weighted by Gasteiger charge is -2.16. The second-order valence-electron chi connectivity index (χ2n) is 3.33. The van der Waals surface area contributed by atoms with Gasteiger partial charge in [0.25, 0.3) is 0 Å². The lowest BCUT2D eigenvalue weighted by molar-refractivity contribution is -0.119. The molecule has 0 radical (unpaired) electrons. The molecule has 94 valence electrons. The van der Waals surface area contributed by atoms with Crippen molar-refractivity contribution >= 4 is 17.7 Å². The average Bonchev–Trinajstić information content (AvgIpc) is 2.35. The highest BCUT2D eigenvalue weighted by Crippen LogP contribution is 2.36. The van der Waals surface area contributed by atoms with Crippen LogP contribution in [0.1, 0.15) is 11.6 Å². The SMILES string of the molecule is COc1cc(C(N)C(N)=O)c(OC)cc1SC. The molecule has 0 aliphatic rings. The van der Waals surface area contributed by atoms with Crippen LogP contribution in [0.5, 0.6) is 11.5 Å². The van der Waals surface area contributed by atoms with Gasteiger partial charge in [-0.05, 0) is 18.4 Å². The molecule has 1 atom stereocenters. The quantitative estimate of drug-likeness (QED) is 0.765. The van der Waals surface area contributed by atoms with E-state index in [4.69, 9.17) is 20.9 Å². The van der Waals surface area contributed by atoms with E-state index < -0.39 is 11.9 Å². The second kappa shape index (κ2) is 5.79. The highest BCUT2D eigenvalue weighted by molar-refractivity contribution is 7.98. The lowest BCUT2D eigenvalue weighted by Crippen LogP contribution is -2.28. The normalized spacial score (nSPS) is 12.0. The fourth-order valence-corrected chi connectivity index (χ4v) is 2.02. The van der Waals surface area contributed by atoms with Gasteiger partial charge < -0.3 is 20.9 Å². The fraction of sp³-hybridized carbons (Fsp3) is 0.364. The molecular weight excluding hydrogens is 240 g/mol. The van der Waals surface area contributed by atoms with E-state index in [2.05, 4.69) is 0 Å². The molecule has 4 N–H and O–H groups in total. The molecule has 0 saturated heterocycles. The Morgan fingerprint density at radius 1 is 1.29 bits per heavy atom. The van der Waals surface area contributed by atoms with Crippen molar-refractivity contribution in [3.05, 3.63) is 17.7 Å². The number of rotatable bonds is 5. The molecule has 0 bridgehead atoms. The number of ether oxygens (including phenoxy) is 2. The molecule has 0 spiro atoms. The zero-order valence-corrected chi connectivity index (χ0v) is 10.8. The highest BCUT2D eigenvalue weighted by atomic mass is 32.2. The van der Waals surface area contributed by atoms with Crippen LogP contribution >= 0.6 is 11.8 Å². The van der Waals surface area contributed by atoms with Gasteiger partial charge in [-0.25, -0.2) is 0 Å². The molecule has 6 heteroatoms. The summed E-state index contributed by atoms with van der Waals surface area (Å²) in [5.74, 6) is 0.564. The van der Waals surface area contributed by atoms with E-state index in [9.17, 15) is 4.79 Å². The third-order valence-corrected chi connectivity index (χ3v) is 3.14. The van der Waals surface area contributed by atoms with Crippen molar-refractivity contribution in [3.63, 3.8) is 0 Å². The van der Waals surface area contributed by atoms with Crippen molar-refractivity contribution in [2.24, 2.45) is 11.5 Å². The minimum atomic E-state index is -0.908. The zero-order chi connectivity index (χ0) is 13.0. The Balaban J connectivity index is 3.33. The highest BCUT2D eigenvalue weighted by Gasteiger charge is 2.20. The third kappa shape index (κ3) is 2.83.